The van der Waals surface area contributed by atoms with Gasteiger partial charge in [-0.25, -0.2) is 4.79 Å². The second-order valence-corrected chi connectivity index (χ2v) is 3.92. The van der Waals surface area contributed by atoms with Gasteiger partial charge in [0.1, 0.15) is 6.04 Å². The summed E-state index contributed by atoms with van der Waals surface area (Å²) in [7, 11) is 1.24. The second kappa shape index (κ2) is 5.95. The molecule has 2 rings (SSSR count). The van der Waals surface area contributed by atoms with Crippen molar-refractivity contribution in [3.05, 3.63) is 18.4 Å². The van der Waals surface area contributed by atoms with Crippen molar-refractivity contribution in [1.82, 2.24) is 25.5 Å². The van der Waals surface area contributed by atoms with Crippen LogP contribution in [0.5, 0.6) is 0 Å². The third-order valence-electron chi connectivity index (χ3n) is 2.40. The van der Waals surface area contributed by atoms with Crippen molar-refractivity contribution >= 4 is 11.9 Å². The highest BCUT2D eigenvalue weighted by Gasteiger charge is 2.22. The minimum atomic E-state index is -0.879. The molecule has 20 heavy (non-hydrogen) atoms. The highest BCUT2D eigenvalue weighted by atomic mass is 16.5. The van der Waals surface area contributed by atoms with Gasteiger partial charge in [-0.3, -0.25) is 4.79 Å². The fourth-order valence-corrected chi connectivity index (χ4v) is 1.56. The van der Waals surface area contributed by atoms with Crippen molar-refractivity contribution < 1.29 is 18.7 Å². The summed E-state index contributed by atoms with van der Waals surface area (Å²) in [6, 6.07) is 2.51. The fraction of sp³-hybridized carbons (Fsp3) is 0.364. The van der Waals surface area contributed by atoms with Crippen molar-refractivity contribution in [1.29, 1.82) is 0 Å². The summed E-state index contributed by atoms with van der Waals surface area (Å²) in [6.45, 7) is 1.32. The van der Waals surface area contributed by atoms with Gasteiger partial charge in [0.05, 0.1) is 19.9 Å². The van der Waals surface area contributed by atoms with E-state index >= 15 is 0 Å². The van der Waals surface area contributed by atoms with E-state index in [4.69, 9.17) is 4.42 Å². The van der Waals surface area contributed by atoms with Crippen LogP contribution in [-0.4, -0.2) is 45.2 Å². The number of amides is 1. The SMILES string of the molecule is COC(=O)C(Cn1nnc(-c2ccco2)n1)NC(C)=O. The molecule has 1 amide bonds. The number of hydrogen-bond donors (Lipinski definition) is 1. The molecule has 2 aromatic rings. The van der Waals surface area contributed by atoms with E-state index in [1.807, 2.05) is 0 Å². The van der Waals surface area contributed by atoms with Gasteiger partial charge >= 0.3 is 5.97 Å². The number of esters is 1. The third kappa shape index (κ3) is 3.19. The predicted octanol–water partition coefficient (Wildman–Crippen LogP) is -0.389. The van der Waals surface area contributed by atoms with Crippen LogP contribution < -0.4 is 5.32 Å². The van der Waals surface area contributed by atoms with E-state index < -0.39 is 12.0 Å². The van der Waals surface area contributed by atoms with Crippen LogP contribution in [0.3, 0.4) is 0 Å². The lowest BCUT2D eigenvalue weighted by Gasteiger charge is -2.13. The van der Waals surface area contributed by atoms with Crippen molar-refractivity contribution in [3.8, 4) is 11.6 Å². The smallest absolute Gasteiger partial charge is 0.330 e. The zero-order valence-corrected chi connectivity index (χ0v) is 10.9. The number of nitrogens with one attached hydrogen (secondary N) is 1. The van der Waals surface area contributed by atoms with Gasteiger partial charge in [-0.1, -0.05) is 0 Å². The first-order valence-electron chi connectivity index (χ1n) is 5.76. The molecule has 106 valence electrons. The number of carbonyl (C=O) groups is 2. The highest BCUT2D eigenvalue weighted by molar-refractivity contribution is 5.83. The number of nitrogens with zero attached hydrogens (tertiary/aromatic N) is 4. The van der Waals surface area contributed by atoms with Crippen LogP contribution in [0.4, 0.5) is 0 Å². The molecule has 1 N–H and O–H groups in total. The summed E-state index contributed by atoms with van der Waals surface area (Å²) >= 11 is 0. The normalized spacial score (nSPS) is 11.9. The maximum absolute atomic E-state index is 11.5. The quantitative estimate of drug-likeness (QED) is 0.742. The molecule has 0 aliphatic carbocycles. The maximum Gasteiger partial charge on any atom is 0.330 e. The van der Waals surface area contributed by atoms with Crippen molar-refractivity contribution in [2.45, 2.75) is 19.5 Å². The van der Waals surface area contributed by atoms with Crippen LogP contribution in [0.25, 0.3) is 11.6 Å². The molecular formula is C11H13N5O4. The number of aromatic nitrogens is 4. The van der Waals surface area contributed by atoms with Crippen molar-refractivity contribution in [2.75, 3.05) is 7.11 Å². The summed E-state index contributed by atoms with van der Waals surface area (Å²) in [5.41, 5.74) is 0. The monoisotopic (exact) mass is 279 g/mol. The first-order valence-corrected chi connectivity index (χ1v) is 5.76. The number of furan rings is 1. The lowest BCUT2D eigenvalue weighted by Crippen LogP contribution is -2.43. The minimum Gasteiger partial charge on any atom is -0.467 e. The summed E-state index contributed by atoms with van der Waals surface area (Å²) in [6.07, 6.45) is 1.49. The molecule has 0 saturated carbocycles. The lowest BCUT2D eigenvalue weighted by atomic mass is 10.3. The van der Waals surface area contributed by atoms with Gasteiger partial charge in [0.15, 0.2) is 5.76 Å². The molecule has 0 aromatic carbocycles. The fourth-order valence-electron chi connectivity index (χ4n) is 1.56. The Morgan fingerprint density at radius 3 is 2.95 bits per heavy atom. The Balaban J connectivity index is 2.10. The van der Waals surface area contributed by atoms with Gasteiger partial charge in [-0.05, 0) is 17.3 Å². The zero-order chi connectivity index (χ0) is 14.5. The highest BCUT2D eigenvalue weighted by Crippen LogP contribution is 2.12. The van der Waals surface area contributed by atoms with Crippen LogP contribution in [-0.2, 0) is 20.9 Å². The van der Waals surface area contributed by atoms with Crippen LogP contribution in [0.2, 0.25) is 0 Å². The average Bonchev–Trinajstić information content (AvgIpc) is 3.06. The molecule has 0 aliphatic heterocycles. The van der Waals surface area contributed by atoms with Crippen molar-refractivity contribution in [3.63, 3.8) is 0 Å². The van der Waals surface area contributed by atoms with Crippen LogP contribution in [0, 0.1) is 0 Å². The first-order chi connectivity index (χ1) is 9.60. The molecule has 0 aliphatic rings. The Morgan fingerprint density at radius 1 is 1.55 bits per heavy atom. The second-order valence-electron chi connectivity index (χ2n) is 3.92. The average molecular weight is 279 g/mol. The van der Waals surface area contributed by atoms with Gasteiger partial charge in [-0.15, -0.1) is 10.2 Å². The van der Waals surface area contributed by atoms with Crippen LogP contribution >= 0.6 is 0 Å². The van der Waals surface area contributed by atoms with Gasteiger partial charge < -0.3 is 14.5 Å². The Labute approximate surface area is 113 Å². The molecular weight excluding hydrogens is 266 g/mol. The lowest BCUT2D eigenvalue weighted by molar-refractivity contribution is -0.145. The Hall–Kier alpha value is -2.71. The molecule has 0 spiro atoms. The maximum atomic E-state index is 11.5. The number of methoxy groups -OCH3 is 1. The predicted molar refractivity (Wildman–Crippen MR) is 65.1 cm³/mol. The van der Waals surface area contributed by atoms with Crippen molar-refractivity contribution in [2.24, 2.45) is 0 Å². The topological polar surface area (TPSA) is 112 Å². The van der Waals surface area contributed by atoms with E-state index in [1.54, 1.807) is 12.1 Å². The van der Waals surface area contributed by atoms with E-state index in [2.05, 4.69) is 25.5 Å². The van der Waals surface area contributed by atoms with Gasteiger partial charge in [0.25, 0.3) is 0 Å². The molecule has 9 heteroatoms. The van der Waals surface area contributed by atoms with Gasteiger partial charge in [0.2, 0.25) is 11.7 Å². The van der Waals surface area contributed by atoms with E-state index in [0.717, 1.165) is 0 Å². The molecule has 0 radical (unpaired) electrons. The molecule has 1 unspecified atom stereocenters. The number of hydrogen-bond acceptors (Lipinski definition) is 7. The number of rotatable bonds is 5. The Kier molecular flexibility index (Phi) is 4.08. The molecule has 2 aromatic heterocycles. The number of tetrazole rings is 1. The number of ether oxygens (including phenoxy) is 1. The van der Waals surface area contributed by atoms with E-state index in [9.17, 15) is 9.59 Å². The summed E-state index contributed by atoms with van der Waals surface area (Å²) in [5, 5.41) is 14.1. The molecule has 0 fully saturated rings. The van der Waals surface area contributed by atoms with E-state index in [0.29, 0.717) is 11.6 Å². The first kappa shape index (κ1) is 13.7. The van der Waals surface area contributed by atoms with Gasteiger partial charge in [0, 0.05) is 6.92 Å². The van der Waals surface area contributed by atoms with Gasteiger partial charge in [-0.2, -0.15) is 4.80 Å². The molecule has 9 nitrogen and oxygen atoms in total. The third-order valence-corrected chi connectivity index (χ3v) is 2.40. The zero-order valence-electron chi connectivity index (χ0n) is 10.9. The number of carbonyl (C=O) groups excluding carboxylic acids is 2. The Morgan fingerprint density at radius 2 is 2.35 bits per heavy atom. The minimum absolute atomic E-state index is 0.0139. The molecule has 0 saturated heterocycles. The molecule has 2 heterocycles. The van der Waals surface area contributed by atoms with E-state index in [-0.39, 0.29) is 12.5 Å². The Bertz CT molecular complexity index is 592. The summed E-state index contributed by atoms with van der Waals surface area (Å²) in [4.78, 5) is 23.8. The summed E-state index contributed by atoms with van der Waals surface area (Å²) in [5.74, 6) is -0.185. The largest absolute Gasteiger partial charge is 0.467 e. The molecule has 0 bridgehead atoms. The van der Waals surface area contributed by atoms with Crippen LogP contribution in [0.15, 0.2) is 22.8 Å². The van der Waals surface area contributed by atoms with E-state index in [1.165, 1.54) is 25.1 Å². The van der Waals surface area contributed by atoms with Crippen LogP contribution in [0.1, 0.15) is 6.92 Å². The summed E-state index contributed by atoms with van der Waals surface area (Å²) < 4.78 is 9.73. The standard InChI is InChI=1S/C11H13N5O4/c1-7(17)12-8(11(18)19-2)6-16-14-10(13-15-16)9-4-3-5-20-9/h3-5,8H,6H2,1-2H3,(H,12,17). The molecule has 1 atom stereocenters.